The summed E-state index contributed by atoms with van der Waals surface area (Å²) in [4.78, 5) is 14.9. The molecular weight excluding hydrogens is 433 g/mol. The number of nitrogens with zero attached hydrogens (tertiary/aromatic N) is 2. The van der Waals surface area contributed by atoms with Gasteiger partial charge in [0, 0.05) is 22.7 Å². The van der Waals surface area contributed by atoms with E-state index in [9.17, 15) is 22.7 Å². The van der Waals surface area contributed by atoms with E-state index in [0.29, 0.717) is 28.8 Å². The molecule has 3 heterocycles. The molecule has 2 atom stereocenters. The van der Waals surface area contributed by atoms with Crippen molar-refractivity contribution in [2.45, 2.75) is 32.4 Å². The van der Waals surface area contributed by atoms with Gasteiger partial charge in [-0.25, -0.2) is 12.8 Å². The van der Waals surface area contributed by atoms with E-state index >= 15 is 0 Å². The Kier molecular flexibility index (Phi) is 4.63. The van der Waals surface area contributed by atoms with Crippen molar-refractivity contribution in [3.8, 4) is 17.0 Å². The largest absolute Gasteiger partial charge is 0.507 e. The van der Waals surface area contributed by atoms with E-state index in [1.165, 1.54) is 11.0 Å². The number of sulfone groups is 1. The number of benzene rings is 2. The van der Waals surface area contributed by atoms with Crippen molar-refractivity contribution in [3.05, 3.63) is 70.2 Å². The third-order valence-electron chi connectivity index (χ3n) is 6.31. The lowest BCUT2D eigenvalue weighted by atomic mass is 9.93. The normalized spacial score (nSPS) is 21.8. The lowest BCUT2D eigenvalue weighted by Crippen LogP contribution is -2.40. The number of carbonyl (C=O) groups excluding carboxylic acids is 1. The Bertz CT molecular complexity index is 1370. The summed E-state index contributed by atoms with van der Waals surface area (Å²) in [6.45, 7) is 3.66. The molecule has 2 aromatic carbocycles. The van der Waals surface area contributed by atoms with Crippen molar-refractivity contribution in [3.63, 3.8) is 0 Å². The number of hydrogen-bond acceptors (Lipinski definition) is 5. The molecule has 0 bridgehead atoms. The van der Waals surface area contributed by atoms with Gasteiger partial charge in [-0.1, -0.05) is 24.3 Å². The number of hydrogen-bond donors (Lipinski definition) is 2. The van der Waals surface area contributed by atoms with E-state index in [-0.39, 0.29) is 28.5 Å². The van der Waals surface area contributed by atoms with E-state index in [0.717, 1.165) is 5.56 Å². The highest BCUT2D eigenvalue weighted by atomic mass is 32.2. The van der Waals surface area contributed by atoms with E-state index < -0.39 is 33.6 Å². The molecule has 1 fully saturated rings. The van der Waals surface area contributed by atoms with Gasteiger partial charge in [-0.05, 0) is 43.5 Å². The van der Waals surface area contributed by atoms with E-state index in [1.54, 1.807) is 31.2 Å². The minimum Gasteiger partial charge on any atom is -0.507 e. The molecule has 2 N–H and O–H groups in total. The molecule has 9 heteroatoms. The van der Waals surface area contributed by atoms with Gasteiger partial charge < -0.3 is 10.0 Å². The van der Waals surface area contributed by atoms with E-state index in [2.05, 4.69) is 10.2 Å². The molecule has 1 amide bonds. The Labute approximate surface area is 184 Å². The van der Waals surface area contributed by atoms with Gasteiger partial charge in [0.05, 0.1) is 17.5 Å². The second kappa shape index (κ2) is 7.16. The highest BCUT2D eigenvalue weighted by Gasteiger charge is 2.48. The lowest BCUT2D eigenvalue weighted by Gasteiger charge is -2.31. The third-order valence-corrected chi connectivity index (χ3v) is 8.06. The summed E-state index contributed by atoms with van der Waals surface area (Å²) in [6.07, 6.45) is 0.293. The van der Waals surface area contributed by atoms with Gasteiger partial charge in [0.25, 0.3) is 5.91 Å². The third kappa shape index (κ3) is 3.10. The Morgan fingerprint density at radius 3 is 2.66 bits per heavy atom. The standard InChI is InChI=1S/C23H22FN3O4S/c1-12-9-13(2)22(28)16(10-12)19-18-20(26-25-19)23(29)27(14-7-8-32(30,31)11-14)21(18)15-5-3-4-6-17(15)24/h3-6,9-10,14,21,28H,7-8,11H2,1-2H3,(H,25,26). The SMILES string of the molecule is Cc1cc(C)c(O)c(-c2n[nH]c3c2C(c2ccccc2F)N(C2CCS(=O)(=O)C2)C3=O)c1. The molecule has 5 rings (SSSR count). The fraction of sp³-hybridized carbons (Fsp3) is 0.304. The fourth-order valence-electron chi connectivity index (χ4n) is 4.88. The van der Waals surface area contributed by atoms with Gasteiger partial charge in [-0.15, -0.1) is 0 Å². The number of rotatable bonds is 3. The van der Waals surface area contributed by atoms with Crippen LogP contribution in [0, 0.1) is 19.7 Å². The lowest BCUT2D eigenvalue weighted by molar-refractivity contribution is 0.0675. The molecule has 3 aromatic rings. The predicted octanol–water partition coefficient (Wildman–Crippen LogP) is 3.27. The smallest absolute Gasteiger partial charge is 0.273 e. The summed E-state index contributed by atoms with van der Waals surface area (Å²) < 4.78 is 39.3. The molecule has 0 spiro atoms. The van der Waals surface area contributed by atoms with Crippen molar-refractivity contribution in [1.29, 1.82) is 0 Å². The Morgan fingerprint density at radius 1 is 1.22 bits per heavy atom. The molecule has 2 unspecified atom stereocenters. The molecule has 2 aliphatic rings. The number of aromatic hydroxyl groups is 1. The minimum absolute atomic E-state index is 0.0116. The number of aryl methyl sites for hydroxylation is 2. The van der Waals surface area contributed by atoms with Crippen LogP contribution in [0.1, 0.15) is 45.2 Å². The first-order chi connectivity index (χ1) is 15.2. The number of aromatic nitrogens is 2. The van der Waals surface area contributed by atoms with Gasteiger partial charge in [0.15, 0.2) is 9.84 Å². The van der Waals surface area contributed by atoms with Crippen LogP contribution in [0.15, 0.2) is 36.4 Å². The van der Waals surface area contributed by atoms with Crippen LogP contribution in [-0.4, -0.2) is 52.1 Å². The van der Waals surface area contributed by atoms with Gasteiger partial charge in [0.1, 0.15) is 23.0 Å². The molecule has 1 saturated heterocycles. The number of phenolic OH excluding ortho intramolecular Hbond substituents is 1. The number of aromatic amines is 1. The maximum absolute atomic E-state index is 15.0. The zero-order valence-corrected chi connectivity index (χ0v) is 18.4. The van der Waals surface area contributed by atoms with Crippen LogP contribution in [0.5, 0.6) is 5.75 Å². The molecular formula is C23H22FN3O4S. The maximum atomic E-state index is 15.0. The number of phenols is 1. The van der Waals surface area contributed by atoms with Crippen molar-refractivity contribution < 1.29 is 22.7 Å². The summed E-state index contributed by atoms with van der Waals surface area (Å²) in [7, 11) is -3.28. The summed E-state index contributed by atoms with van der Waals surface area (Å²) in [6, 6.07) is 8.33. The van der Waals surface area contributed by atoms with E-state index in [1.807, 2.05) is 13.0 Å². The van der Waals surface area contributed by atoms with Crippen molar-refractivity contribution in [2.24, 2.45) is 0 Å². The number of fused-ring (bicyclic) bond motifs is 1. The Balaban J connectivity index is 1.74. The van der Waals surface area contributed by atoms with Crippen LogP contribution in [0.25, 0.3) is 11.3 Å². The monoisotopic (exact) mass is 455 g/mol. The van der Waals surface area contributed by atoms with Crippen LogP contribution < -0.4 is 0 Å². The van der Waals surface area contributed by atoms with Gasteiger partial charge >= 0.3 is 0 Å². The number of amides is 1. The first-order valence-electron chi connectivity index (χ1n) is 10.3. The quantitative estimate of drug-likeness (QED) is 0.631. The molecule has 0 aliphatic carbocycles. The summed E-state index contributed by atoms with van der Waals surface area (Å²) in [5.41, 5.74) is 3.25. The summed E-state index contributed by atoms with van der Waals surface area (Å²) in [5.74, 6) is -1.06. The maximum Gasteiger partial charge on any atom is 0.273 e. The molecule has 166 valence electrons. The summed E-state index contributed by atoms with van der Waals surface area (Å²) >= 11 is 0. The first-order valence-corrected chi connectivity index (χ1v) is 12.2. The molecule has 32 heavy (non-hydrogen) atoms. The second-order valence-electron chi connectivity index (χ2n) is 8.53. The highest BCUT2D eigenvalue weighted by molar-refractivity contribution is 7.91. The molecule has 7 nitrogen and oxygen atoms in total. The summed E-state index contributed by atoms with van der Waals surface area (Å²) in [5, 5.41) is 17.8. The minimum atomic E-state index is -3.28. The van der Waals surface area contributed by atoms with Crippen LogP contribution in [0.3, 0.4) is 0 Å². The Hall–Kier alpha value is -3.20. The number of halogens is 1. The highest BCUT2D eigenvalue weighted by Crippen LogP contribution is 2.47. The van der Waals surface area contributed by atoms with Gasteiger partial charge in [-0.2, -0.15) is 5.10 Å². The Morgan fingerprint density at radius 2 is 1.97 bits per heavy atom. The van der Waals surface area contributed by atoms with Gasteiger partial charge in [-0.3, -0.25) is 9.89 Å². The number of nitrogens with one attached hydrogen (secondary N) is 1. The molecule has 0 radical (unpaired) electrons. The molecule has 0 saturated carbocycles. The first kappa shape index (κ1) is 20.7. The van der Waals surface area contributed by atoms with Crippen LogP contribution in [0.4, 0.5) is 4.39 Å². The second-order valence-corrected chi connectivity index (χ2v) is 10.8. The van der Waals surface area contributed by atoms with Crippen molar-refractivity contribution in [1.82, 2.24) is 15.1 Å². The number of carbonyl (C=O) groups is 1. The average molecular weight is 456 g/mol. The predicted molar refractivity (Wildman–Crippen MR) is 117 cm³/mol. The molecule has 2 aliphatic heterocycles. The van der Waals surface area contributed by atoms with Crippen LogP contribution in [0.2, 0.25) is 0 Å². The zero-order valence-electron chi connectivity index (χ0n) is 17.6. The fourth-order valence-corrected chi connectivity index (χ4v) is 6.60. The van der Waals surface area contributed by atoms with Crippen molar-refractivity contribution >= 4 is 15.7 Å². The van der Waals surface area contributed by atoms with Crippen molar-refractivity contribution in [2.75, 3.05) is 11.5 Å². The zero-order chi connectivity index (χ0) is 22.8. The number of H-pyrrole nitrogens is 1. The van der Waals surface area contributed by atoms with Crippen LogP contribution in [-0.2, 0) is 9.84 Å². The topological polar surface area (TPSA) is 103 Å². The molecule has 1 aromatic heterocycles. The average Bonchev–Trinajstić information content (AvgIpc) is 3.39. The van der Waals surface area contributed by atoms with Crippen LogP contribution >= 0.6 is 0 Å². The van der Waals surface area contributed by atoms with E-state index in [4.69, 9.17) is 0 Å². The van der Waals surface area contributed by atoms with Gasteiger partial charge in [0.2, 0.25) is 0 Å².